The molecule has 1 fully saturated rings. The van der Waals surface area contributed by atoms with Crippen LogP contribution >= 0.6 is 0 Å². The quantitative estimate of drug-likeness (QED) is 0.394. The van der Waals surface area contributed by atoms with Gasteiger partial charge in [-0.2, -0.15) is 4.98 Å². The van der Waals surface area contributed by atoms with E-state index in [1.165, 1.54) is 27.6 Å². The van der Waals surface area contributed by atoms with Gasteiger partial charge in [0.1, 0.15) is 5.52 Å². The highest BCUT2D eigenvalue weighted by Gasteiger charge is 2.23. The monoisotopic (exact) mass is 407 g/mol. The standard InChI is InChI=1S/C26H21N3O2/c1-2-4-21-14-28(13-20(21)3-1)26-27-23-12-18(6-8-25(23)31-26)17-5-7-24-19(11-17)9-10-29(24)22-15-30-16-22/h1-12,22H,13-16H2. The van der Waals surface area contributed by atoms with Crippen LogP contribution in [0.15, 0.2) is 77.3 Å². The SMILES string of the molecule is c1ccc2c(c1)CN(c1nc3cc(-c4ccc5c(ccn5C5COC5)c4)ccc3o1)C2. The molecular weight excluding hydrogens is 386 g/mol. The minimum absolute atomic E-state index is 0.463. The average molecular weight is 407 g/mol. The Morgan fingerprint density at radius 2 is 1.61 bits per heavy atom. The molecule has 0 N–H and O–H groups in total. The van der Waals surface area contributed by atoms with Crippen molar-refractivity contribution in [3.05, 3.63) is 84.1 Å². The Labute approximate surface area is 179 Å². The Kier molecular flexibility index (Phi) is 3.57. The molecule has 2 aliphatic heterocycles. The van der Waals surface area contributed by atoms with Gasteiger partial charge in [0.25, 0.3) is 6.01 Å². The summed E-state index contributed by atoms with van der Waals surface area (Å²) in [5.41, 5.74) is 8.02. The van der Waals surface area contributed by atoms with E-state index in [1.807, 2.05) is 6.07 Å². The first-order valence-corrected chi connectivity index (χ1v) is 10.7. The van der Waals surface area contributed by atoms with Gasteiger partial charge < -0.3 is 18.6 Å². The maximum absolute atomic E-state index is 6.09. The molecule has 0 unspecified atom stereocenters. The zero-order valence-electron chi connectivity index (χ0n) is 17.0. The summed E-state index contributed by atoms with van der Waals surface area (Å²) in [4.78, 5) is 7.01. The van der Waals surface area contributed by atoms with E-state index in [0.29, 0.717) is 12.1 Å². The first-order valence-electron chi connectivity index (χ1n) is 10.7. The van der Waals surface area contributed by atoms with Crippen molar-refractivity contribution in [3.63, 3.8) is 0 Å². The molecule has 0 aliphatic carbocycles. The van der Waals surface area contributed by atoms with E-state index < -0.39 is 0 Å². The number of rotatable bonds is 3. The molecule has 0 amide bonds. The number of oxazole rings is 1. The molecule has 3 aromatic carbocycles. The molecule has 0 saturated carbocycles. The molecule has 152 valence electrons. The molecule has 4 heterocycles. The number of anilines is 1. The van der Waals surface area contributed by atoms with Crippen molar-refractivity contribution in [1.29, 1.82) is 0 Å². The van der Waals surface area contributed by atoms with E-state index in [-0.39, 0.29) is 0 Å². The van der Waals surface area contributed by atoms with Crippen LogP contribution in [0.3, 0.4) is 0 Å². The predicted molar refractivity (Wildman–Crippen MR) is 121 cm³/mol. The lowest BCUT2D eigenvalue weighted by Gasteiger charge is -2.28. The van der Waals surface area contributed by atoms with Crippen LogP contribution in [0, 0.1) is 0 Å². The van der Waals surface area contributed by atoms with Gasteiger partial charge >= 0.3 is 0 Å². The molecule has 0 radical (unpaired) electrons. The Hall–Kier alpha value is -3.57. The summed E-state index contributed by atoms with van der Waals surface area (Å²) in [5.74, 6) is 0. The topological polar surface area (TPSA) is 43.4 Å². The highest BCUT2D eigenvalue weighted by Crippen LogP contribution is 2.33. The molecule has 5 heteroatoms. The normalized spacial score (nSPS) is 16.2. The largest absolute Gasteiger partial charge is 0.423 e. The first-order chi connectivity index (χ1) is 15.3. The van der Waals surface area contributed by atoms with Gasteiger partial charge in [0.2, 0.25) is 0 Å². The first kappa shape index (κ1) is 17.1. The summed E-state index contributed by atoms with van der Waals surface area (Å²) in [5, 5.41) is 1.25. The van der Waals surface area contributed by atoms with Crippen molar-refractivity contribution >= 4 is 28.0 Å². The van der Waals surface area contributed by atoms with Crippen molar-refractivity contribution in [3.8, 4) is 11.1 Å². The minimum Gasteiger partial charge on any atom is -0.423 e. The lowest BCUT2D eigenvalue weighted by atomic mass is 10.0. The third kappa shape index (κ3) is 2.70. The highest BCUT2D eigenvalue weighted by molar-refractivity contribution is 5.88. The van der Waals surface area contributed by atoms with Gasteiger partial charge in [0.05, 0.1) is 19.3 Å². The van der Waals surface area contributed by atoms with Gasteiger partial charge in [-0.1, -0.05) is 36.4 Å². The van der Waals surface area contributed by atoms with Crippen molar-refractivity contribution in [1.82, 2.24) is 9.55 Å². The Bertz CT molecular complexity index is 1420. The Balaban J connectivity index is 1.22. The number of fused-ring (bicyclic) bond motifs is 3. The summed E-state index contributed by atoms with van der Waals surface area (Å²) in [6.07, 6.45) is 2.17. The van der Waals surface area contributed by atoms with Crippen LogP contribution in [0.4, 0.5) is 6.01 Å². The molecule has 1 saturated heterocycles. The Morgan fingerprint density at radius 3 is 2.39 bits per heavy atom. The van der Waals surface area contributed by atoms with Gasteiger partial charge in [0.15, 0.2) is 5.58 Å². The molecule has 0 spiro atoms. The van der Waals surface area contributed by atoms with Crippen LogP contribution in [0.2, 0.25) is 0 Å². The number of benzene rings is 3. The van der Waals surface area contributed by atoms with Gasteiger partial charge in [-0.25, -0.2) is 0 Å². The van der Waals surface area contributed by atoms with Crippen molar-refractivity contribution in [2.24, 2.45) is 0 Å². The fourth-order valence-corrected chi connectivity index (χ4v) is 4.74. The molecule has 2 aromatic heterocycles. The van der Waals surface area contributed by atoms with Gasteiger partial charge in [-0.05, 0) is 52.6 Å². The summed E-state index contributed by atoms with van der Waals surface area (Å²) >= 11 is 0. The van der Waals surface area contributed by atoms with Crippen molar-refractivity contribution < 1.29 is 9.15 Å². The zero-order valence-corrected chi connectivity index (χ0v) is 17.0. The van der Waals surface area contributed by atoms with E-state index in [0.717, 1.165) is 43.0 Å². The number of aromatic nitrogens is 2. The van der Waals surface area contributed by atoms with Gasteiger partial charge in [-0.15, -0.1) is 0 Å². The van der Waals surface area contributed by atoms with E-state index in [4.69, 9.17) is 14.1 Å². The van der Waals surface area contributed by atoms with Crippen LogP contribution in [0.1, 0.15) is 17.2 Å². The molecule has 0 atom stereocenters. The minimum atomic E-state index is 0.463. The van der Waals surface area contributed by atoms with Crippen molar-refractivity contribution in [2.45, 2.75) is 19.1 Å². The molecule has 0 bridgehead atoms. The fourth-order valence-electron chi connectivity index (χ4n) is 4.74. The lowest BCUT2D eigenvalue weighted by Crippen LogP contribution is -2.29. The van der Waals surface area contributed by atoms with Crippen LogP contribution in [-0.2, 0) is 17.8 Å². The summed E-state index contributed by atoms with van der Waals surface area (Å²) < 4.78 is 13.8. The molecule has 31 heavy (non-hydrogen) atoms. The lowest BCUT2D eigenvalue weighted by molar-refractivity contribution is -0.0213. The molecule has 2 aliphatic rings. The van der Waals surface area contributed by atoms with E-state index in [9.17, 15) is 0 Å². The van der Waals surface area contributed by atoms with Gasteiger partial charge in [0, 0.05) is 30.2 Å². The summed E-state index contributed by atoms with van der Waals surface area (Å²) in [6.45, 7) is 3.29. The fraction of sp³-hybridized carbons (Fsp3) is 0.192. The van der Waals surface area contributed by atoms with Crippen LogP contribution in [0.25, 0.3) is 33.1 Å². The maximum Gasteiger partial charge on any atom is 0.298 e. The predicted octanol–water partition coefficient (Wildman–Crippen LogP) is 5.54. The van der Waals surface area contributed by atoms with Crippen LogP contribution < -0.4 is 4.90 Å². The van der Waals surface area contributed by atoms with Crippen molar-refractivity contribution in [2.75, 3.05) is 18.1 Å². The highest BCUT2D eigenvalue weighted by atomic mass is 16.5. The smallest absolute Gasteiger partial charge is 0.298 e. The molecule has 7 rings (SSSR count). The summed E-state index contributed by atoms with van der Waals surface area (Å²) in [6, 6.07) is 24.8. The molecular formula is C26H21N3O2. The third-order valence-corrected chi connectivity index (χ3v) is 6.56. The Morgan fingerprint density at radius 1 is 0.839 bits per heavy atom. The number of ether oxygens (including phenoxy) is 1. The third-order valence-electron chi connectivity index (χ3n) is 6.56. The van der Waals surface area contributed by atoms with E-state index in [2.05, 4.69) is 76.3 Å². The van der Waals surface area contributed by atoms with Gasteiger partial charge in [-0.3, -0.25) is 0 Å². The molecule has 5 nitrogen and oxygen atoms in total. The number of nitrogens with zero attached hydrogens (tertiary/aromatic N) is 3. The maximum atomic E-state index is 6.09. The van der Waals surface area contributed by atoms with E-state index >= 15 is 0 Å². The van der Waals surface area contributed by atoms with Crippen LogP contribution in [0.5, 0.6) is 0 Å². The molecule has 5 aromatic rings. The number of hydrogen-bond donors (Lipinski definition) is 0. The second-order valence-electron chi connectivity index (χ2n) is 8.49. The zero-order chi connectivity index (χ0) is 20.4. The summed E-state index contributed by atoms with van der Waals surface area (Å²) in [7, 11) is 0. The van der Waals surface area contributed by atoms with Crippen LogP contribution in [-0.4, -0.2) is 22.8 Å². The second kappa shape index (κ2) is 6.46. The second-order valence-corrected chi connectivity index (χ2v) is 8.49. The average Bonchev–Trinajstić information content (AvgIpc) is 3.48. The number of hydrogen-bond acceptors (Lipinski definition) is 4. The van der Waals surface area contributed by atoms with E-state index in [1.54, 1.807) is 0 Å².